The molecular formula is C24H19F6NO. The fraction of sp³-hybridized carbons (Fsp3) is 0.292. The Balaban J connectivity index is 1.64. The minimum absolute atomic E-state index is 0.122. The lowest BCUT2D eigenvalue weighted by Crippen LogP contribution is -2.30. The highest BCUT2D eigenvalue weighted by molar-refractivity contribution is 5.37. The molecule has 0 amide bonds. The number of benzene rings is 2. The van der Waals surface area contributed by atoms with E-state index >= 15 is 0 Å². The van der Waals surface area contributed by atoms with Crippen LogP contribution >= 0.6 is 0 Å². The van der Waals surface area contributed by atoms with E-state index < -0.39 is 29.6 Å². The third kappa shape index (κ3) is 4.80. The van der Waals surface area contributed by atoms with Gasteiger partial charge in [0, 0.05) is 6.20 Å². The standard InChI is InChI=1S/C24H19F6NO/c25-23(26,27)18-11-15(12-19(13-18)24(28,29)30)14-32-20-9-8-17-7-4-10-31-22(17)21(20)16-5-2-1-3-6-16/h1-7,10-13,20-21H,8-9,14H2. The number of aryl methyl sites for hydroxylation is 1. The third-order valence-corrected chi connectivity index (χ3v) is 5.56. The average molecular weight is 451 g/mol. The Morgan fingerprint density at radius 3 is 2.12 bits per heavy atom. The zero-order valence-electron chi connectivity index (χ0n) is 16.8. The zero-order chi connectivity index (χ0) is 22.9. The van der Waals surface area contributed by atoms with Gasteiger partial charge in [0.2, 0.25) is 0 Å². The van der Waals surface area contributed by atoms with Crippen LogP contribution in [0.15, 0.2) is 66.9 Å². The van der Waals surface area contributed by atoms with Gasteiger partial charge in [-0.15, -0.1) is 0 Å². The van der Waals surface area contributed by atoms with Gasteiger partial charge >= 0.3 is 12.4 Å². The molecule has 0 N–H and O–H groups in total. The maximum Gasteiger partial charge on any atom is 0.416 e. The van der Waals surface area contributed by atoms with Gasteiger partial charge in [-0.3, -0.25) is 4.98 Å². The van der Waals surface area contributed by atoms with Gasteiger partial charge in [0.15, 0.2) is 0 Å². The van der Waals surface area contributed by atoms with Crippen LogP contribution in [0, 0.1) is 0 Å². The molecule has 2 unspecified atom stereocenters. The summed E-state index contributed by atoms with van der Waals surface area (Å²) in [5.74, 6) is -0.269. The Kier molecular flexibility index (Phi) is 5.99. The van der Waals surface area contributed by atoms with E-state index in [0.717, 1.165) is 16.8 Å². The molecule has 3 aromatic rings. The molecule has 1 heterocycles. The molecule has 0 fully saturated rings. The third-order valence-electron chi connectivity index (χ3n) is 5.56. The number of pyridine rings is 1. The summed E-state index contributed by atoms with van der Waals surface area (Å²) in [4.78, 5) is 4.50. The molecule has 0 saturated heterocycles. The first-order valence-electron chi connectivity index (χ1n) is 10.0. The lowest BCUT2D eigenvalue weighted by atomic mass is 9.80. The largest absolute Gasteiger partial charge is 0.416 e. The minimum atomic E-state index is -4.89. The Morgan fingerprint density at radius 2 is 1.50 bits per heavy atom. The van der Waals surface area contributed by atoms with Gasteiger partial charge in [-0.1, -0.05) is 36.4 Å². The van der Waals surface area contributed by atoms with E-state index in [4.69, 9.17) is 4.74 Å². The van der Waals surface area contributed by atoms with Crippen LogP contribution in [0.25, 0.3) is 0 Å². The molecule has 1 aliphatic carbocycles. The topological polar surface area (TPSA) is 22.1 Å². The number of hydrogen-bond donors (Lipinski definition) is 0. The number of hydrogen-bond acceptors (Lipinski definition) is 2. The van der Waals surface area contributed by atoms with Crippen LogP contribution in [0.3, 0.4) is 0 Å². The van der Waals surface area contributed by atoms with Crippen molar-refractivity contribution < 1.29 is 31.1 Å². The molecular weight excluding hydrogens is 432 g/mol. The van der Waals surface area contributed by atoms with Gasteiger partial charge in [0.25, 0.3) is 0 Å². The van der Waals surface area contributed by atoms with Gasteiger partial charge in [0.1, 0.15) is 0 Å². The molecule has 8 heteroatoms. The van der Waals surface area contributed by atoms with Crippen molar-refractivity contribution in [3.05, 3.63) is 100 Å². The number of alkyl halides is 6. The number of aromatic nitrogens is 1. The van der Waals surface area contributed by atoms with Crippen LogP contribution in [-0.2, 0) is 30.1 Å². The molecule has 0 aliphatic heterocycles. The predicted molar refractivity (Wildman–Crippen MR) is 106 cm³/mol. The molecule has 0 saturated carbocycles. The summed E-state index contributed by atoms with van der Waals surface area (Å²) in [7, 11) is 0. The first kappa shape index (κ1) is 22.3. The zero-order valence-corrected chi connectivity index (χ0v) is 16.8. The molecule has 4 rings (SSSR count). The van der Waals surface area contributed by atoms with Crippen molar-refractivity contribution in [2.75, 3.05) is 0 Å². The van der Waals surface area contributed by atoms with Crippen LogP contribution in [0.1, 0.15) is 45.8 Å². The predicted octanol–water partition coefficient (Wildman–Crippen LogP) is 6.78. The SMILES string of the molecule is FC(F)(F)c1cc(COC2CCc3cccnc3C2c2ccccc2)cc(C(F)(F)F)c1. The fourth-order valence-electron chi connectivity index (χ4n) is 4.10. The van der Waals surface area contributed by atoms with Gasteiger partial charge < -0.3 is 4.74 Å². The Hall–Kier alpha value is -2.87. The lowest BCUT2D eigenvalue weighted by molar-refractivity contribution is -0.143. The number of nitrogens with zero attached hydrogens (tertiary/aromatic N) is 1. The average Bonchev–Trinajstić information content (AvgIpc) is 2.76. The van der Waals surface area contributed by atoms with E-state index in [9.17, 15) is 26.3 Å². The second-order valence-corrected chi connectivity index (χ2v) is 7.74. The maximum absolute atomic E-state index is 13.2. The molecule has 2 nitrogen and oxygen atoms in total. The summed E-state index contributed by atoms with van der Waals surface area (Å²) in [6, 6.07) is 14.8. The molecule has 0 spiro atoms. The summed E-state index contributed by atoms with van der Waals surface area (Å²) in [5, 5.41) is 0. The summed E-state index contributed by atoms with van der Waals surface area (Å²) >= 11 is 0. The first-order valence-corrected chi connectivity index (χ1v) is 10.0. The van der Waals surface area contributed by atoms with Crippen LogP contribution in [0.4, 0.5) is 26.3 Å². The van der Waals surface area contributed by atoms with Crippen molar-refractivity contribution in [1.82, 2.24) is 4.98 Å². The molecule has 0 bridgehead atoms. The monoisotopic (exact) mass is 451 g/mol. The van der Waals surface area contributed by atoms with Crippen molar-refractivity contribution in [1.29, 1.82) is 0 Å². The van der Waals surface area contributed by atoms with E-state index in [1.807, 2.05) is 42.5 Å². The number of ether oxygens (including phenoxy) is 1. The Bertz CT molecular complexity index is 1050. The first-order chi connectivity index (χ1) is 15.1. The van der Waals surface area contributed by atoms with Crippen LogP contribution in [0.2, 0.25) is 0 Å². The molecule has 2 aromatic carbocycles. The normalized spacial score (nSPS) is 18.9. The van der Waals surface area contributed by atoms with Crippen molar-refractivity contribution in [3.8, 4) is 0 Å². The molecule has 1 aromatic heterocycles. The van der Waals surface area contributed by atoms with Gasteiger partial charge in [-0.05, 0) is 53.8 Å². The van der Waals surface area contributed by atoms with E-state index in [0.29, 0.717) is 25.0 Å². The van der Waals surface area contributed by atoms with Crippen molar-refractivity contribution in [2.45, 2.75) is 43.8 Å². The van der Waals surface area contributed by atoms with Crippen molar-refractivity contribution in [3.63, 3.8) is 0 Å². The Morgan fingerprint density at radius 1 is 0.844 bits per heavy atom. The van der Waals surface area contributed by atoms with Crippen molar-refractivity contribution >= 4 is 0 Å². The van der Waals surface area contributed by atoms with Gasteiger partial charge in [-0.2, -0.15) is 26.3 Å². The molecule has 2 atom stereocenters. The van der Waals surface area contributed by atoms with E-state index in [1.165, 1.54) is 0 Å². The quantitative estimate of drug-likeness (QED) is 0.408. The smallest absolute Gasteiger partial charge is 0.372 e. The maximum atomic E-state index is 13.2. The molecule has 32 heavy (non-hydrogen) atoms. The van der Waals surface area contributed by atoms with E-state index in [1.54, 1.807) is 6.20 Å². The second kappa shape index (κ2) is 8.58. The summed E-state index contributed by atoms with van der Waals surface area (Å²) in [5.41, 5.74) is -0.0695. The summed E-state index contributed by atoms with van der Waals surface area (Å²) < 4.78 is 84.9. The summed E-state index contributed by atoms with van der Waals surface area (Å²) in [6.45, 7) is -0.372. The highest BCUT2D eigenvalue weighted by atomic mass is 19.4. The fourth-order valence-corrected chi connectivity index (χ4v) is 4.10. The highest BCUT2D eigenvalue weighted by Gasteiger charge is 2.37. The number of fused-ring (bicyclic) bond motifs is 1. The molecule has 1 aliphatic rings. The van der Waals surface area contributed by atoms with Crippen LogP contribution in [-0.4, -0.2) is 11.1 Å². The summed E-state index contributed by atoms with van der Waals surface area (Å²) in [6.07, 6.45) is -7.33. The molecule has 0 radical (unpaired) electrons. The van der Waals surface area contributed by atoms with E-state index in [-0.39, 0.29) is 24.2 Å². The van der Waals surface area contributed by atoms with Gasteiger partial charge in [0.05, 0.1) is 35.4 Å². The minimum Gasteiger partial charge on any atom is -0.372 e. The van der Waals surface area contributed by atoms with Gasteiger partial charge in [-0.25, -0.2) is 0 Å². The highest BCUT2D eigenvalue weighted by Crippen LogP contribution is 2.39. The lowest BCUT2D eigenvalue weighted by Gasteiger charge is -2.33. The van der Waals surface area contributed by atoms with E-state index in [2.05, 4.69) is 4.98 Å². The van der Waals surface area contributed by atoms with Crippen LogP contribution < -0.4 is 0 Å². The molecule has 168 valence electrons. The Labute approximate surface area is 180 Å². The van der Waals surface area contributed by atoms with Crippen LogP contribution in [0.5, 0.6) is 0 Å². The number of rotatable bonds is 4. The second-order valence-electron chi connectivity index (χ2n) is 7.74. The van der Waals surface area contributed by atoms with Crippen molar-refractivity contribution in [2.24, 2.45) is 0 Å². The number of halogens is 6.